The summed E-state index contributed by atoms with van der Waals surface area (Å²) in [7, 11) is -3.39. The van der Waals surface area contributed by atoms with Crippen LogP contribution in [0.3, 0.4) is 0 Å². The Balaban J connectivity index is 2.10. The van der Waals surface area contributed by atoms with Crippen molar-refractivity contribution in [2.45, 2.75) is 32.6 Å². The summed E-state index contributed by atoms with van der Waals surface area (Å²) in [6.07, 6.45) is 5.15. The molecule has 1 aliphatic heterocycles. The number of aromatic nitrogens is 1. The van der Waals surface area contributed by atoms with Crippen LogP contribution in [0.2, 0.25) is 0 Å². The number of hydrogen-bond donors (Lipinski definition) is 0. The molecule has 0 radical (unpaired) electrons. The van der Waals surface area contributed by atoms with Crippen molar-refractivity contribution >= 4 is 33.3 Å². The van der Waals surface area contributed by atoms with Crippen LogP contribution >= 0.6 is 11.3 Å². The Kier molecular flexibility index (Phi) is 4.02. The lowest BCUT2D eigenvalue weighted by Gasteiger charge is -2.13. The van der Waals surface area contributed by atoms with Crippen LogP contribution in [0.5, 0.6) is 0 Å². The van der Waals surface area contributed by atoms with Crippen LogP contribution in [0.15, 0.2) is 12.3 Å². The normalized spacial score (nSPS) is 18.9. The molecule has 0 spiro atoms. The molecule has 0 aromatic carbocycles. The van der Waals surface area contributed by atoms with Gasteiger partial charge in [0.15, 0.2) is 0 Å². The standard InChI is InChI=1S/C13H18N2O3S2/c1-13(2,3)12-14-9-10(19-12)5-6-11(16)15-7-4-8-20(15,17)18/h5-6,9H,4,7-8H2,1-3H3/b6-5+. The molecule has 2 rings (SSSR count). The summed E-state index contributed by atoms with van der Waals surface area (Å²) in [5.74, 6) is -0.422. The van der Waals surface area contributed by atoms with Crippen LogP contribution in [-0.2, 0) is 20.2 Å². The van der Waals surface area contributed by atoms with Crippen LogP contribution in [0.25, 0.3) is 6.08 Å². The number of thiazole rings is 1. The Morgan fingerprint density at radius 3 is 2.65 bits per heavy atom. The molecule has 1 amide bonds. The maximum absolute atomic E-state index is 11.9. The van der Waals surface area contributed by atoms with Gasteiger partial charge in [-0.25, -0.2) is 17.7 Å². The molecule has 1 aromatic heterocycles. The van der Waals surface area contributed by atoms with Crippen molar-refractivity contribution in [1.29, 1.82) is 0 Å². The summed E-state index contributed by atoms with van der Waals surface area (Å²) in [6, 6.07) is 0. The SMILES string of the molecule is CC(C)(C)c1ncc(/C=C/C(=O)N2CCCS2(=O)=O)s1. The largest absolute Gasteiger partial charge is 0.269 e. The second kappa shape index (κ2) is 5.29. The zero-order valence-electron chi connectivity index (χ0n) is 11.8. The molecule has 7 heteroatoms. The number of nitrogens with zero attached hydrogens (tertiary/aromatic N) is 2. The molecule has 20 heavy (non-hydrogen) atoms. The first-order valence-corrected chi connectivity index (χ1v) is 8.81. The van der Waals surface area contributed by atoms with E-state index in [0.29, 0.717) is 6.42 Å². The van der Waals surface area contributed by atoms with Crippen molar-refractivity contribution in [2.75, 3.05) is 12.3 Å². The quantitative estimate of drug-likeness (QED) is 0.783. The molecular formula is C13H18N2O3S2. The van der Waals surface area contributed by atoms with Crippen molar-refractivity contribution in [3.05, 3.63) is 22.2 Å². The molecule has 2 heterocycles. The first-order chi connectivity index (χ1) is 9.20. The number of amides is 1. The van der Waals surface area contributed by atoms with Gasteiger partial charge in [-0.2, -0.15) is 0 Å². The molecule has 5 nitrogen and oxygen atoms in total. The van der Waals surface area contributed by atoms with E-state index in [2.05, 4.69) is 25.8 Å². The van der Waals surface area contributed by atoms with Crippen molar-refractivity contribution in [3.8, 4) is 0 Å². The Morgan fingerprint density at radius 2 is 2.15 bits per heavy atom. The van der Waals surface area contributed by atoms with Crippen LogP contribution < -0.4 is 0 Å². The van der Waals surface area contributed by atoms with Crippen LogP contribution in [0.1, 0.15) is 37.1 Å². The van der Waals surface area contributed by atoms with Gasteiger partial charge in [0.1, 0.15) is 0 Å². The maximum atomic E-state index is 11.9. The van der Waals surface area contributed by atoms with Crippen molar-refractivity contribution in [2.24, 2.45) is 0 Å². The van der Waals surface area contributed by atoms with E-state index in [4.69, 9.17) is 0 Å². The van der Waals surface area contributed by atoms with E-state index >= 15 is 0 Å². The highest BCUT2D eigenvalue weighted by Gasteiger charge is 2.31. The van der Waals surface area contributed by atoms with E-state index in [-0.39, 0.29) is 17.7 Å². The number of carbonyl (C=O) groups is 1. The molecule has 1 aromatic rings. The Labute approximate surface area is 123 Å². The van der Waals surface area contributed by atoms with E-state index in [1.165, 1.54) is 17.4 Å². The van der Waals surface area contributed by atoms with Gasteiger partial charge in [0.25, 0.3) is 5.91 Å². The third kappa shape index (κ3) is 3.27. The maximum Gasteiger partial charge on any atom is 0.260 e. The van der Waals surface area contributed by atoms with E-state index in [0.717, 1.165) is 14.2 Å². The summed E-state index contributed by atoms with van der Waals surface area (Å²) >= 11 is 1.51. The number of rotatable bonds is 2. The van der Waals surface area contributed by atoms with Gasteiger partial charge in [0, 0.05) is 29.1 Å². The molecule has 1 saturated heterocycles. The lowest BCUT2D eigenvalue weighted by atomic mass is 9.98. The average molecular weight is 314 g/mol. The topological polar surface area (TPSA) is 67.3 Å². The summed E-state index contributed by atoms with van der Waals surface area (Å²) in [5.41, 5.74) is -0.0287. The summed E-state index contributed by atoms with van der Waals surface area (Å²) < 4.78 is 24.2. The second-order valence-electron chi connectivity index (χ2n) is 5.73. The highest BCUT2D eigenvalue weighted by atomic mass is 32.2. The van der Waals surface area contributed by atoms with E-state index in [9.17, 15) is 13.2 Å². The highest BCUT2D eigenvalue weighted by molar-refractivity contribution is 7.89. The number of carbonyl (C=O) groups excluding carboxylic acids is 1. The molecule has 0 unspecified atom stereocenters. The summed E-state index contributed by atoms with van der Waals surface area (Å²) in [6.45, 7) is 6.49. The zero-order valence-corrected chi connectivity index (χ0v) is 13.4. The van der Waals surface area contributed by atoms with Gasteiger partial charge in [-0.3, -0.25) is 4.79 Å². The number of sulfonamides is 1. The predicted octanol–water partition coefficient (Wildman–Crippen LogP) is 2.02. The molecule has 110 valence electrons. The van der Waals surface area contributed by atoms with Crippen molar-refractivity contribution < 1.29 is 13.2 Å². The fraction of sp³-hybridized carbons (Fsp3) is 0.538. The summed E-state index contributed by atoms with van der Waals surface area (Å²) in [5, 5.41) is 0.985. The molecule has 0 aliphatic carbocycles. The van der Waals surface area contributed by atoms with Gasteiger partial charge in [-0.05, 0) is 12.5 Å². The van der Waals surface area contributed by atoms with Gasteiger partial charge in [0.05, 0.1) is 10.8 Å². The summed E-state index contributed by atoms with van der Waals surface area (Å²) in [4.78, 5) is 17.0. The molecule has 0 N–H and O–H groups in total. The van der Waals surface area contributed by atoms with Gasteiger partial charge < -0.3 is 0 Å². The van der Waals surface area contributed by atoms with Crippen LogP contribution in [0.4, 0.5) is 0 Å². The minimum Gasteiger partial charge on any atom is -0.269 e. The lowest BCUT2D eigenvalue weighted by Crippen LogP contribution is -2.30. The fourth-order valence-corrected chi connectivity index (χ4v) is 4.17. The first kappa shape index (κ1) is 15.2. The first-order valence-electron chi connectivity index (χ1n) is 6.39. The number of hydrogen-bond acceptors (Lipinski definition) is 5. The molecule has 1 fully saturated rings. The molecular weight excluding hydrogens is 296 g/mol. The second-order valence-corrected chi connectivity index (χ2v) is 8.81. The third-order valence-electron chi connectivity index (χ3n) is 2.90. The minimum atomic E-state index is -3.39. The Hall–Kier alpha value is -1.21. The molecule has 0 bridgehead atoms. The van der Waals surface area contributed by atoms with E-state index in [1.807, 2.05) is 0 Å². The highest BCUT2D eigenvalue weighted by Crippen LogP contribution is 2.27. The van der Waals surface area contributed by atoms with Crippen molar-refractivity contribution in [3.63, 3.8) is 0 Å². The zero-order chi connectivity index (χ0) is 15.0. The van der Waals surface area contributed by atoms with Gasteiger partial charge in [0.2, 0.25) is 10.0 Å². The predicted molar refractivity (Wildman–Crippen MR) is 80.0 cm³/mol. The van der Waals surface area contributed by atoms with E-state index < -0.39 is 15.9 Å². The average Bonchev–Trinajstić information content (AvgIpc) is 2.91. The monoisotopic (exact) mass is 314 g/mol. The van der Waals surface area contributed by atoms with Crippen molar-refractivity contribution in [1.82, 2.24) is 9.29 Å². The fourth-order valence-electron chi connectivity index (χ4n) is 1.83. The molecule has 0 atom stereocenters. The Morgan fingerprint density at radius 1 is 1.45 bits per heavy atom. The van der Waals surface area contributed by atoms with Gasteiger partial charge in [-0.1, -0.05) is 20.8 Å². The lowest BCUT2D eigenvalue weighted by molar-refractivity contribution is -0.121. The van der Waals surface area contributed by atoms with Gasteiger partial charge in [-0.15, -0.1) is 11.3 Å². The minimum absolute atomic E-state index is 0.0287. The van der Waals surface area contributed by atoms with Crippen LogP contribution in [0, 0.1) is 0 Å². The Bertz CT molecular complexity index is 639. The smallest absolute Gasteiger partial charge is 0.260 e. The third-order valence-corrected chi connectivity index (χ3v) is 6.13. The van der Waals surface area contributed by atoms with Crippen LogP contribution in [-0.4, -0.2) is 35.9 Å². The molecule has 1 aliphatic rings. The molecule has 0 saturated carbocycles. The van der Waals surface area contributed by atoms with Gasteiger partial charge >= 0.3 is 0 Å². The van der Waals surface area contributed by atoms with E-state index in [1.54, 1.807) is 12.3 Å².